The highest BCUT2D eigenvalue weighted by Gasteiger charge is 2.18. The smallest absolute Gasteiger partial charge is 0.143 e. The van der Waals surface area contributed by atoms with Crippen LogP contribution in [-0.2, 0) is 0 Å². The molecule has 2 aromatic heterocycles. The van der Waals surface area contributed by atoms with Crippen LogP contribution in [0.1, 0.15) is 0 Å². The van der Waals surface area contributed by atoms with Crippen molar-refractivity contribution in [3.63, 3.8) is 0 Å². The average molecular weight is 754 g/mol. The Kier molecular flexibility index (Phi) is 7.54. The predicted octanol–water partition coefficient (Wildman–Crippen LogP) is 16.3. The minimum atomic E-state index is 0.877. The highest BCUT2D eigenvalue weighted by atomic mass is 16.3. The SMILES string of the molecule is c1ccc(-c2cccc3c2oc2ccc(-c4ccc(N(c5ccc(-c6cc7ccccc7c7ccccc67)cc5)c5ccc6oc7ccccc7c6c5)cc4)cc23)cc1. The maximum absolute atomic E-state index is 6.49. The molecule has 0 aliphatic carbocycles. The number of furan rings is 2. The fraction of sp³-hybridized carbons (Fsp3) is 0. The Balaban J connectivity index is 0.960. The molecule has 12 aromatic rings. The summed E-state index contributed by atoms with van der Waals surface area (Å²) in [5.74, 6) is 0. The van der Waals surface area contributed by atoms with E-state index < -0.39 is 0 Å². The third-order valence-corrected chi connectivity index (χ3v) is 11.9. The number of nitrogens with zero attached hydrogens (tertiary/aromatic N) is 1. The highest BCUT2D eigenvalue weighted by Crippen LogP contribution is 2.42. The van der Waals surface area contributed by atoms with Gasteiger partial charge in [-0.2, -0.15) is 0 Å². The van der Waals surface area contributed by atoms with Crippen molar-refractivity contribution < 1.29 is 8.83 Å². The molecule has 0 unspecified atom stereocenters. The lowest BCUT2D eigenvalue weighted by atomic mass is 9.93. The minimum Gasteiger partial charge on any atom is -0.456 e. The van der Waals surface area contributed by atoms with Crippen LogP contribution in [0.3, 0.4) is 0 Å². The first-order chi connectivity index (χ1) is 29.2. The van der Waals surface area contributed by atoms with Gasteiger partial charge in [0, 0.05) is 44.2 Å². The van der Waals surface area contributed by atoms with E-state index in [1.165, 1.54) is 32.7 Å². The Bertz CT molecular complexity index is 3540. The second kappa shape index (κ2) is 13.4. The molecule has 59 heavy (non-hydrogen) atoms. The fourth-order valence-corrected chi connectivity index (χ4v) is 9.01. The molecule has 0 bridgehead atoms. The molecule has 0 spiro atoms. The highest BCUT2D eigenvalue weighted by molar-refractivity contribution is 6.14. The van der Waals surface area contributed by atoms with Gasteiger partial charge in [0.15, 0.2) is 0 Å². The summed E-state index contributed by atoms with van der Waals surface area (Å²) in [7, 11) is 0. The summed E-state index contributed by atoms with van der Waals surface area (Å²) < 4.78 is 12.7. The Hall–Kier alpha value is -7.88. The first kappa shape index (κ1) is 33.3. The molecule has 0 aliphatic rings. The van der Waals surface area contributed by atoms with Crippen LogP contribution < -0.4 is 4.90 Å². The number of para-hydroxylation sites is 2. The summed E-state index contributed by atoms with van der Waals surface area (Å²) in [5.41, 5.74) is 13.7. The van der Waals surface area contributed by atoms with E-state index in [4.69, 9.17) is 8.83 Å². The number of rotatable bonds is 6. The van der Waals surface area contributed by atoms with Gasteiger partial charge in [-0.1, -0.05) is 146 Å². The van der Waals surface area contributed by atoms with Gasteiger partial charge in [-0.15, -0.1) is 0 Å². The van der Waals surface area contributed by atoms with Crippen LogP contribution in [0, 0.1) is 0 Å². The molecular weight excluding hydrogens is 719 g/mol. The molecule has 0 saturated heterocycles. The maximum atomic E-state index is 6.49. The first-order valence-electron chi connectivity index (χ1n) is 20.1. The van der Waals surface area contributed by atoms with E-state index in [2.05, 4.69) is 199 Å². The van der Waals surface area contributed by atoms with Crippen LogP contribution in [0.4, 0.5) is 17.1 Å². The van der Waals surface area contributed by atoms with Gasteiger partial charge in [0.2, 0.25) is 0 Å². The van der Waals surface area contributed by atoms with Crippen LogP contribution >= 0.6 is 0 Å². The van der Waals surface area contributed by atoms with Crippen LogP contribution in [0.25, 0.3) is 98.8 Å². The standard InChI is InChI=1S/C56H35NO2/c1-2-11-37(12-3-1)45-18-10-19-49-51-33-39(25-31-55(51)59-56(45)49)36-21-26-41(27-22-36)57(43-30-32-54-52(35-43)48-17-8-9-20-53(48)58-54)42-28-23-38(24-29-42)50-34-40-13-4-5-14-44(40)46-15-6-7-16-47(46)50/h1-35H. The van der Waals surface area contributed by atoms with Crippen molar-refractivity contribution in [3.8, 4) is 33.4 Å². The Labute approximate surface area is 340 Å². The Morgan fingerprint density at radius 1 is 0.271 bits per heavy atom. The molecule has 2 heterocycles. The zero-order valence-electron chi connectivity index (χ0n) is 32.0. The molecule has 0 N–H and O–H groups in total. The third kappa shape index (κ3) is 5.51. The summed E-state index contributed by atoms with van der Waals surface area (Å²) in [6.45, 7) is 0. The lowest BCUT2D eigenvalue weighted by molar-refractivity contribution is 0.669. The van der Waals surface area contributed by atoms with E-state index in [1.54, 1.807) is 0 Å². The van der Waals surface area contributed by atoms with E-state index in [-0.39, 0.29) is 0 Å². The summed E-state index contributed by atoms with van der Waals surface area (Å²) in [4.78, 5) is 2.34. The van der Waals surface area contributed by atoms with Crippen molar-refractivity contribution in [2.45, 2.75) is 0 Å². The lowest BCUT2D eigenvalue weighted by Crippen LogP contribution is -2.09. The summed E-state index contributed by atoms with van der Waals surface area (Å²) >= 11 is 0. The molecule has 0 aliphatic heterocycles. The number of hydrogen-bond acceptors (Lipinski definition) is 3. The van der Waals surface area contributed by atoms with Gasteiger partial charge in [-0.3, -0.25) is 0 Å². The van der Waals surface area contributed by atoms with E-state index in [1.807, 2.05) is 18.2 Å². The van der Waals surface area contributed by atoms with Crippen LogP contribution in [0.2, 0.25) is 0 Å². The monoisotopic (exact) mass is 753 g/mol. The molecular formula is C56H35NO2. The molecule has 0 saturated carbocycles. The van der Waals surface area contributed by atoms with Gasteiger partial charge in [0.1, 0.15) is 22.3 Å². The van der Waals surface area contributed by atoms with Crippen LogP contribution in [0.15, 0.2) is 221 Å². The van der Waals surface area contributed by atoms with Crippen molar-refractivity contribution in [2.75, 3.05) is 4.90 Å². The topological polar surface area (TPSA) is 29.5 Å². The fourth-order valence-electron chi connectivity index (χ4n) is 9.01. The van der Waals surface area contributed by atoms with Gasteiger partial charge >= 0.3 is 0 Å². The van der Waals surface area contributed by atoms with Gasteiger partial charge in [0.05, 0.1) is 0 Å². The Morgan fingerprint density at radius 3 is 1.64 bits per heavy atom. The molecule has 12 rings (SSSR count). The number of fused-ring (bicyclic) bond motifs is 9. The third-order valence-electron chi connectivity index (χ3n) is 11.9. The molecule has 3 heteroatoms. The van der Waals surface area contributed by atoms with Crippen molar-refractivity contribution in [3.05, 3.63) is 212 Å². The minimum absolute atomic E-state index is 0.877. The molecule has 3 nitrogen and oxygen atoms in total. The van der Waals surface area contributed by atoms with E-state index in [0.29, 0.717) is 0 Å². The summed E-state index contributed by atoms with van der Waals surface area (Å²) in [6.07, 6.45) is 0. The summed E-state index contributed by atoms with van der Waals surface area (Å²) in [6, 6.07) is 75.8. The van der Waals surface area contributed by atoms with Crippen LogP contribution in [-0.4, -0.2) is 0 Å². The van der Waals surface area contributed by atoms with E-state index in [9.17, 15) is 0 Å². The molecule has 10 aromatic carbocycles. The molecule has 0 atom stereocenters. The van der Waals surface area contributed by atoms with E-state index >= 15 is 0 Å². The number of hydrogen-bond donors (Lipinski definition) is 0. The summed E-state index contributed by atoms with van der Waals surface area (Å²) in [5, 5.41) is 9.46. The normalized spacial score (nSPS) is 11.7. The van der Waals surface area contributed by atoms with Crippen molar-refractivity contribution in [1.29, 1.82) is 0 Å². The molecule has 276 valence electrons. The zero-order chi connectivity index (χ0) is 38.9. The quantitative estimate of drug-likeness (QED) is 0.158. The zero-order valence-corrected chi connectivity index (χ0v) is 32.0. The molecule has 0 amide bonds. The maximum Gasteiger partial charge on any atom is 0.143 e. The van der Waals surface area contributed by atoms with Gasteiger partial charge < -0.3 is 13.7 Å². The van der Waals surface area contributed by atoms with E-state index in [0.717, 1.165) is 83.2 Å². The van der Waals surface area contributed by atoms with Crippen molar-refractivity contribution in [2.24, 2.45) is 0 Å². The largest absolute Gasteiger partial charge is 0.456 e. The second-order valence-electron chi connectivity index (χ2n) is 15.3. The molecule has 0 radical (unpaired) electrons. The second-order valence-corrected chi connectivity index (χ2v) is 15.3. The number of anilines is 3. The van der Waals surface area contributed by atoms with Gasteiger partial charge in [-0.25, -0.2) is 0 Å². The molecule has 0 fully saturated rings. The van der Waals surface area contributed by atoms with Crippen molar-refractivity contribution >= 4 is 82.5 Å². The Morgan fingerprint density at radius 2 is 0.831 bits per heavy atom. The average Bonchev–Trinajstić information content (AvgIpc) is 3.88. The first-order valence-corrected chi connectivity index (χ1v) is 20.1. The number of benzene rings is 10. The lowest BCUT2D eigenvalue weighted by Gasteiger charge is -2.26. The van der Waals surface area contributed by atoms with Gasteiger partial charge in [-0.05, 0) is 116 Å². The predicted molar refractivity (Wildman–Crippen MR) is 247 cm³/mol. The van der Waals surface area contributed by atoms with Crippen LogP contribution in [0.5, 0.6) is 0 Å². The van der Waals surface area contributed by atoms with Crippen molar-refractivity contribution in [1.82, 2.24) is 0 Å². The van der Waals surface area contributed by atoms with Gasteiger partial charge in [0.25, 0.3) is 0 Å².